The second kappa shape index (κ2) is 3.37. The Bertz CT molecular complexity index is 478. The third-order valence-electron chi connectivity index (χ3n) is 3.41. The molecular weight excluding hydrogens is 184 g/mol. The second-order valence-corrected chi connectivity index (χ2v) is 4.59. The van der Waals surface area contributed by atoms with Crippen LogP contribution in [-0.4, -0.2) is 9.55 Å². The SMILES string of the molecule is Cc1cnc2c(ccn2C2CCCC2)c1. The van der Waals surface area contributed by atoms with Crippen LogP contribution in [0.4, 0.5) is 0 Å². The molecule has 0 atom stereocenters. The van der Waals surface area contributed by atoms with Crippen molar-refractivity contribution in [1.29, 1.82) is 0 Å². The molecule has 2 nitrogen and oxygen atoms in total. The first-order valence-corrected chi connectivity index (χ1v) is 5.78. The van der Waals surface area contributed by atoms with Crippen LogP contribution in [-0.2, 0) is 0 Å². The van der Waals surface area contributed by atoms with E-state index in [1.54, 1.807) is 0 Å². The van der Waals surface area contributed by atoms with E-state index in [4.69, 9.17) is 0 Å². The summed E-state index contributed by atoms with van der Waals surface area (Å²) in [6, 6.07) is 5.10. The van der Waals surface area contributed by atoms with Gasteiger partial charge in [-0.25, -0.2) is 4.98 Å². The smallest absolute Gasteiger partial charge is 0.140 e. The molecule has 2 aromatic heterocycles. The van der Waals surface area contributed by atoms with Gasteiger partial charge in [-0.3, -0.25) is 0 Å². The highest BCUT2D eigenvalue weighted by Gasteiger charge is 2.18. The van der Waals surface area contributed by atoms with Gasteiger partial charge in [0.1, 0.15) is 5.65 Å². The third kappa shape index (κ3) is 1.44. The number of aryl methyl sites for hydroxylation is 1. The van der Waals surface area contributed by atoms with Crippen LogP contribution < -0.4 is 0 Å². The van der Waals surface area contributed by atoms with E-state index in [0.29, 0.717) is 6.04 Å². The van der Waals surface area contributed by atoms with Gasteiger partial charge in [-0.15, -0.1) is 0 Å². The van der Waals surface area contributed by atoms with E-state index < -0.39 is 0 Å². The lowest BCUT2D eigenvalue weighted by molar-refractivity contribution is 0.532. The Balaban J connectivity index is 2.11. The summed E-state index contributed by atoms with van der Waals surface area (Å²) in [7, 11) is 0. The molecule has 0 bridgehead atoms. The van der Waals surface area contributed by atoms with E-state index in [1.807, 2.05) is 6.20 Å². The van der Waals surface area contributed by atoms with Crippen molar-refractivity contribution in [2.24, 2.45) is 0 Å². The maximum Gasteiger partial charge on any atom is 0.140 e. The van der Waals surface area contributed by atoms with E-state index in [0.717, 1.165) is 5.65 Å². The second-order valence-electron chi connectivity index (χ2n) is 4.59. The van der Waals surface area contributed by atoms with Gasteiger partial charge in [-0.05, 0) is 37.5 Å². The molecule has 0 unspecified atom stereocenters. The number of hydrogen-bond acceptors (Lipinski definition) is 1. The van der Waals surface area contributed by atoms with Crippen LogP contribution in [0.15, 0.2) is 24.5 Å². The fourth-order valence-corrected chi connectivity index (χ4v) is 2.63. The van der Waals surface area contributed by atoms with Crippen molar-refractivity contribution in [2.75, 3.05) is 0 Å². The summed E-state index contributed by atoms with van der Waals surface area (Å²) in [5.74, 6) is 0. The number of aromatic nitrogens is 2. The average molecular weight is 200 g/mol. The molecule has 1 aliphatic rings. The third-order valence-corrected chi connectivity index (χ3v) is 3.41. The van der Waals surface area contributed by atoms with E-state index in [1.165, 1.54) is 36.6 Å². The highest BCUT2D eigenvalue weighted by molar-refractivity contribution is 5.76. The number of rotatable bonds is 1. The number of hydrogen-bond donors (Lipinski definition) is 0. The van der Waals surface area contributed by atoms with E-state index >= 15 is 0 Å². The van der Waals surface area contributed by atoms with Gasteiger partial charge in [-0.2, -0.15) is 0 Å². The van der Waals surface area contributed by atoms with Crippen molar-refractivity contribution >= 4 is 11.0 Å². The average Bonchev–Trinajstić information content (AvgIpc) is 2.82. The first kappa shape index (κ1) is 8.96. The molecule has 1 aliphatic carbocycles. The van der Waals surface area contributed by atoms with Crippen LogP contribution in [0.2, 0.25) is 0 Å². The van der Waals surface area contributed by atoms with Crippen molar-refractivity contribution in [3.8, 4) is 0 Å². The van der Waals surface area contributed by atoms with Gasteiger partial charge in [0.2, 0.25) is 0 Å². The fraction of sp³-hybridized carbons (Fsp3) is 0.462. The summed E-state index contributed by atoms with van der Waals surface area (Å²) in [6.45, 7) is 2.10. The van der Waals surface area contributed by atoms with Gasteiger partial charge >= 0.3 is 0 Å². The molecule has 2 heteroatoms. The summed E-state index contributed by atoms with van der Waals surface area (Å²) in [5.41, 5.74) is 2.40. The molecule has 0 radical (unpaired) electrons. The largest absolute Gasteiger partial charge is 0.329 e. The Labute approximate surface area is 89.9 Å². The van der Waals surface area contributed by atoms with Crippen molar-refractivity contribution in [1.82, 2.24) is 9.55 Å². The van der Waals surface area contributed by atoms with Gasteiger partial charge in [0.05, 0.1) is 0 Å². The first-order valence-electron chi connectivity index (χ1n) is 5.78. The number of fused-ring (bicyclic) bond motifs is 1. The van der Waals surface area contributed by atoms with E-state index in [-0.39, 0.29) is 0 Å². The molecule has 1 saturated carbocycles. The highest BCUT2D eigenvalue weighted by atomic mass is 15.1. The Morgan fingerprint density at radius 1 is 1.33 bits per heavy atom. The molecular formula is C13H16N2. The molecule has 2 heterocycles. The molecule has 0 aromatic carbocycles. The zero-order valence-electron chi connectivity index (χ0n) is 9.11. The lowest BCUT2D eigenvalue weighted by Crippen LogP contribution is -2.03. The van der Waals surface area contributed by atoms with E-state index in [2.05, 4.69) is 34.8 Å². The molecule has 78 valence electrons. The summed E-state index contributed by atoms with van der Waals surface area (Å²) in [6.07, 6.45) is 9.55. The lowest BCUT2D eigenvalue weighted by atomic mass is 10.2. The summed E-state index contributed by atoms with van der Waals surface area (Å²) >= 11 is 0. The van der Waals surface area contributed by atoms with Crippen LogP contribution in [0.5, 0.6) is 0 Å². The standard InChI is InChI=1S/C13H16N2/c1-10-8-11-6-7-15(13(11)14-9-10)12-4-2-3-5-12/h6-9,12H,2-5H2,1H3. The Morgan fingerprint density at radius 3 is 2.93 bits per heavy atom. The van der Waals surface area contributed by atoms with E-state index in [9.17, 15) is 0 Å². The minimum atomic E-state index is 0.692. The van der Waals surface area contributed by atoms with Crippen LogP contribution >= 0.6 is 0 Å². The van der Waals surface area contributed by atoms with Crippen LogP contribution in [0.1, 0.15) is 37.3 Å². The molecule has 0 aliphatic heterocycles. The van der Waals surface area contributed by atoms with Crippen molar-refractivity contribution in [2.45, 2.75) is 38.6 Å². The predicted molar refractivity (Wildman–Crippen MR) is 62.0 cm³/mol. The summed E-state index contributed by atoms with van der Waals surface area (Å²) < 4.78 is 2.36. The van der Waals surface area contributed by atoms with Crippen LogP contribution in [0.3, 0.4) is 0 Å². The maximum absolute atomic E-state index is 4.55. The lowest BCUT2D eigenvalue weighted by Gasteiger charge is -2.12. The minimum Gasteiger partial charge on any atom is -0.329 e. The molecule has 0 spiro atoms. The molecule has 1 fully saturated rings. The van der Waals surface area contributed by atoms with Crippen molar-refractivity contribution in [3.05, 3.63) is 30.1 Å². The highest BCUT2D eigenvalue weighted by Crippen LogP contribution is 2.32. The van der Waals surface area contributed by atoms with Gasteiger partial charge in [0, 0.05) is 23.8 Å². The number of pyridine rings is 1. The molecule has 3 rings (SSSR count). The predicted octanol–water partition coefficient (Wildman–Crippen LogP) is 3.46. The molecule has 0 saturated heterocycles. The molecule has 0 amide bonds. The van der Waals surface area contributed by atoms with Gasteiger partial charge < -0.3 is 4.57 Å². The zero-order valence-corrected chi connectivity index (χ0v) is 9.11. The van der Waals surface area contributed by atoms with Gasteiger partial charge in [0.25, 0.3) is 0 Å². The Hall–Kier alpha value is -1.31. The van der Waals surface area contributed by atoms with Crippen LogP contribution in [0.25, 0.3) is 11.0 Å². The monoisotopic (exact) mass is 200 g/mol. The zero-order chi connectivity index (χ0) is 10.3. The van der Waals surface area contributed by atoms with Crippen LogP contribution in [0, 0.1) is 6.92 Å². The maximum atomic E-state index is 4.55. The normalized spacial score (nSPS) is 17.7. The fourth-order valence-electron chi connectivity index (χ4n) is 2.63. The Kier molecular flexibility index (Phi) is 2.01. The molecule has 15 heavy (non-hydrogen) atoms. The minimum absolute atomic E-state index is 0.692. The Morgan fingerprint density at radius 2 is 2.13 bits per heavy atom. The quantitative estimate of drug-likeness (QED) is 0.689. The first-order chi connectivity index (χ1) is 7.34. The number of nitrogens with zero attached hydrogens (tertiary/aromatic N) is 2. The topological polar surface area (TPSA) is 17.8 Å². The summed E-state index contributed by atoms with van der Waals surface area (Å²) in [4.78, 5) is 4.55. The van der Waals surface area contributed by atoms with Gasteiger partial charge in [0.15, 0.2) is 0 Å². The molecule has 2 aromatic rings. The van der Waals surface area contributed by atoms with Crippen molar-refractivity contribution < 1.29 is 0 Å². The van der Waals surface area contributed by atoms with Crippen molar-refractivity contribution in [3.63, 3.8) is 0 Å². The molecule has 0 N–H and O–H groups in total. The summed E-state index contributed by atoms with van der Waals surface area (Å²) in [5, 5.41) is 1.28. The van der Waals surface area contributed by atoms with Gasteiger partial charge in [-0.1, -0.05) is 12.8 Å².